The van der Waals surface area contributed by atoms with Crippen molar-refractivity contribution in [3.8, 4) is 0 Å². The lowest BCUT2D eigenvalue weighted by Crippen LogP contribution is -2.43. The number of nitrogens with one attached hydrogen (secondary N) is 1. The van der Waals surface area contributed by atoms with Gasteiger partial charge >= 0.3 is 6.09 Å². The van der Waals surface area contributed by atoms with Crippen molar-refractivity contribution in [2.45, 2.75) is 51.6 Å². The minimum Gasteiger partial charge on any atom is -0.444 e. The SMILES string of the molecule is COC(CNCCOC1CCN(C(=O)OC(C)(C)C)CC1)OC. The highest BCUT2D eigenvalue weighted by molar-refractivity contribution is 5.68. The molecule has 0 spiro atoms. The standard InChI is InChI=1S/C16H32N2O5/c1-16(2,3)23-15(19)18-9-6-13(7-10-18)22-11-8-17-12-14(20-4)21-5/h13-14,17H,6-12H2,1-5H3. The number of carbonyl (C=O) groups excluding carboxylic acids is 1. The monoisotopic (exact) mass is 332 g/mol. The molecule has 1 aliphatic rings. The molecule has 1 N–H and O–H groups in total. The van der Waals surface area contributed by atoms with Gasteiger partial charge in [-0.3, -0.25) is 0 Å². The van der Waals surface area contributed by atoms with Crippen molar-refractivity contribution in [3.05, 3.63) is 0 Å². The van der Waals surface area contributed by atoms with Crippen molar-refractivity contribution in [2.75, 3.05) is 47.0 Å². The summed E-state index contributed by atoms with van der Waals surface area (Å²) in [6.45, 7) is 9.02. The summed E-state index contributed by atoms with van der Waals surface area (Å²) in [5.74, 6) is 0. The quantitative estimate of drug-likeness (QED) is 0.538. The predicted octanol–water partition coefficient (Wildman–Crippen LogP) is 1.61. The molecule has 0 atom stereocenters. The second kappa shape index (κ2) is 10.1. The van der Waals surface area contributed by atoms with Gasteiger partial charge in [0.1, 0.15) is 5.60 Å². The van der Waals surface area contributed by atoms with Crippen LogP contribution in [0.1, 0.15) is 33.6 Å². The maximum atomic E-state index is 12.0. The summed E-state index contributed by atoms with van der Waals surface area (Å²) in [5.41, 5.74) is -0.446. The average molecular weight is 332 g/mol. The van der Waals surface area contributed by atoms with Crippen LogP contribution in [-0.2, 0) is 18.9 Å². The van der Waals surface area contributed by atoms with E-state index in [9.17, 15) is 4.79 Å². The summed E-state index contributed by atoms with van der Waals surface area (Å²) in [4.78, 5) is 13.7. The van der Waals surface area contributed by atoms with Gasteiger partial charge in [-0.25, -0.2) is 4.79 Å². The highest BCUT2D eigenvalue weighted by Gasteiger charge is 2.26. The van der Waals surface area contributed by atoms with Gasteiger partial charge in [0.15, 0.2) is 6.29 Å². The first-order valence-corrected chi connectivity index (χ1v) is 8.21. The zero-order chi connectivity index (χ0) is 17.3. The molecule has 1 aliphatic heterocycles. The van der Waals surface area contributed by atoms with Crippen molar-refractivity contribution in [3.63, 3.8) is 0 Å². The van der Waals surface area contributed by atoms with Crippen molar-refractivity contribution < 1.29 is 23.7 Å². The van der Waals surface area contributed by atoms with E-state index in [2.05, 4.69) is 5.32 Å². The molecular formula is C16H32N2O5. The van der Waals surface area contributed by atoms with Gasteiger partial charge in [0, 0.05) is 40.4 Å². The highest BCUT2D eigenvalue weighted by atomic mass is 16.7. The summed E-state index contributed by atoms with van der Waals surface area (Å²) in [6.07, 6.45) is 1.43. The Bertz CT molecular complexity index is 334. The molecule has 0 aliphatic carbocycles. The first-order valence-electron chi connectivity index (χ1n) is 8.21. The molecule has 0 saturated carbocycles. The Balaban J connectivity index is 2.11. The molecular weight excluding hydrogens is 300 g/mol. The lowest BCUT2D eigenvalue weighted by molar-refractivity contribution is -0.0994. The van der Waals surface area contributed by atoms with Gasteiger partial charge in [0.25, 0.3) is 0 Å². The number of rotatable bonds is 8. The van der Waals surface area contributed by atoms with Crippen LogP contribution >= 0.6 is 0 Å². The molecule has 0 aromatic heterocycles. The van der Waals surface area contributed by atoms with E-state index in [4.69, 9.17) is 18.9 Å². The van der Waals surface area contributed by atoms with Crippen molar-refractivity contribution in [2.24, 2.45) is 0 Å². The van der Waals surface area contributed by atoms with Crippen molar-refractivity contribution >= 4 is 6.09 Å². The van der Waals surface area contributed by atoms with Gasteiger partial charge in [0.05, 0.1) is 12.7 Å². The normalized spacial score (nSPS) is 16.9. The number of amides is 1. The molecule has 136 valence electrons. The molecule has 1 rings (SSSR count). The molecule has 0 radical (unpaired) electrons. The van der Waals surface area contributed by atoms with Gasteiger partial charge in [-0.05, 0) is 33.6 Å². The summed E-state index contributed by atoms with van der Waals surface area (Å²) in [5, 5.41) is 3.22. The van der Waals surface area contributed by atoms with Crippen molar-refractivity contribution in [1.82, 2.24) is 10.2 Å². The lowest BCUT2D eigenvalue weighted by atomic mass is 10.1. The first-order chi connectivity index (χ1) is 10.9. The minimum absolute atomic E-state index is 0.205. The molecule has 0 unspecified atom stereocenters. The molecule has 23 heavy (non-hydrogen) atoms. The Morgan fingerprint density at radius 3 is 2.35 bits per heavy atom. The highest BCUT2D eigenvalue weighted by Crippen LogP contribution is 2.17. The second-order valence-electron chi connectivity index (χ2n) is 6.64. The van der Waals surface area contributed by atoms with Gasteiger partial charge in [0.2, 0.25) is 0 Å². The van der Waals surface area contributed by atoms with Crippen LogP contribution < -0.4 is 5.32 Å². The van der Waals surface area contributed by atoms with E-state index < -0.39 is 5.60 Å². The van der Waals surface area contributed by atoms with E-state index in [-0.39, 0.29) is 18.5 Å². The van der Waals surface area contributed by atoms with E-state index in [0.29, 0.717) is 26.2 Å². The maximum Gasteiger partial charge on any atom is 0.410 e. The van der Waals surface area contributed by atoms with E-state index in [0.717, 1.165) is 19.4 Å². The van der Waals surface area contributed by atoms with Gasteiger partial charge in [-0.15, -0.1) is 0 Å². The number of hydrogen-bond acceptors (Lipinski definition) is 6. The number of likely N-dealkylation sites (tertiary alicyclic amines) is 1. The van der Waals surface area contributed by atoms with Crippen LogP contribution in [0.25, 0.3) is 0 Å². The van der Waals surface area contributed by atoms with Crippen LogP contribution in [0.5, 0.6) is 0 Å². The largest absolute Gasteiger partial charge is 0.444 e. The zero-order valence-corrected chi connectivity index (χ0v) is 15.1. The van der Waals surface area contributed by atoms with Crippen molar-refractivity contribution in [1.29, 1.82) is 0 Å². The third kappa shape index (κ3) is 8.50. The average Bonchev–Trinajstić information content (AvgIpc) is 2.50. The summed E-state index contributed by atoms with van der Waals surface area (Å²) < 4.78 is 21.4. The first kappa shape index (κ1) is 20.2. The van der Waals surface area contributed by atoms with Crippen LogP contribution in [0.4, 0.5) is 4.79 Å². The smallest absolute Gasteiger partial charge is 0.410 e. The molecule has 1 fully saturated rings. The Morgan fingerprint density at radius 1 is 1.22 bits per heavy atom. The molecule has 0 aromatic carbocycles. The number of methoxy groups -OCH3 is 2. The fourth-order valence-electron chi connectivity index (χ4n) is 2.31. The Kier molecular flexibility index (Phi) is 8.83. The maximum absolute atomic E-state index is 12.0. The molecule has 1 amide bonds. The fourth-order valence-corrected chi connectivity index (χ4v) is 2.31. The van der Waals surface area contributed by atoms with Crippen LogP contribution in [0.15, 0.2) is 0 Å². The number of piperidine rings is 1. The molecule has 0 bridgehead atoms. The Morgan fingerprint density at radius 2 is 1.83 bits per heavy atom. The second-order valence-corrected chi connectivity index (χ2v) is 6.64. The number of ether oxygens (including phenoxy) is 4. The Hall–Kier alpha value is -0.890. The predicted molar refractivity (Wildman–Crippen MR) is 87.5 cm³/mol. The molecule has 7 heteroatoms. The van der Waals surface area contributed by atoms with Gasteiger partial charge in [-0.2, -0.15) is 0 Å². The lowest BCUT2D eigenvalue weighted by Gasteiger charge is -2.33. The van der Waals surface area contributed by atoms with E-state index >= 15 is 0 Å². The Labute approximate surface area is 139 Å². The van der Waals surface area contributed by atoms with E-state index in [1.807, 2.05) is 20.8 Å². The third-order valence-corrected chi connectivity index (χ3v) is 3.56. The zero-order valence-electron chi connectivity index (χ0n) is 15.1. The summed E-state index contributed by atoms with van der Waals surface area (Å²) in [7, 11) is 3.23. The molecule has 1 heterocycles. The van der Waals surface area contributed by atoms with Crippen LogP contribution in [0.3, 0.4) is 0 Å². The summed E-state index contributed by atoms with van der Waals surface area (Å²) in [6, 6.07) is 0. The van der Waals surface area contributed by atoms with Crippen LogP contribution in [0, 0.1) is 0 Å². The topological polar surface area (TPSA) is 69.3 Å². The molecule has 7 nitrogen and oxygen atoms in total. The number of carbonyl (C=O) groups is 1. The fraction of sp³-hybridized carbons (Fsp3) is 0.938. The van der Waals surface area contributed by atoms with E-state index in [1.165, 1.54) is 0 Å². The number of nitrogens with zero attached hydrogens (tertiary/aromatic N) is 1. The molecule has 0 aromatic rings. The van der Waals surface area contributed by atoms with Crippen LogP contribution in [0.2, 0.25) is 0 Å². The third-order valence-electron chi connectivity index (χ3n) is 3.56. The van der Waals surface area contributed by atoms with E-state index in [1.54, 1.807) is 19.1 Å². The summed E-state index contributed by atoms with van der Waals surface area (Å²) >= 11 is 0. The minimum atomic E-state index is -0.446. The van der Waals surface area contributed by atoms with Crippen LogP contribution in [-0.4, -0.2) is 76.0 Å². The molecule has 1 saturated heterocycles. The number of hydrogen-bond donors (Lipinski definition) is 1. The van der Waals surface area contributed by atoms with Gasteiger partial charge < -0.3 is 29.2 Å². The van der Waals surface area contributed by atoms with Gasteiger partial charge in [-0.1, -0.05) is 0 Å².